The monoisotopic (exact) mass is 303 g/mol. The molecule has 0 radical (unpaired) electrons. The Bertz CT molecular complexity index is 744. The fraction of sp³-hybridized carbons (Fsp3) is 0.312. The molecule has 0 fully saturated rings. The zero-order chi connectivity index (χ0) is 15.1. The molecule has 5 heteroatoms. The lowest BCUT2D eigenvalue weighted by molar-refractivity contribution is 0.143. The van der Waals surface area contributed by atoms with Crippen LogP contribution in [0.5, 0.6) is 0 Å². The standard InChI is InChI=1S/C16H17NO3S/c1-12-7-9-14(10-8-12)21(18,19)15-16(2,20-11-17-15)13-5-3-4-6-13/h3-5,7-11,15H,6H2,1-2H3/t15-,16-/m0/s1. The minimum Gasteiger partial charge on any atom is -0.470 e. The molecule has 1 aromatic carbocycles. The van der Waals surface area contributed by atoms with Crippen molar-refractivity contribution in [3.05, 3.63) is 53.6 Å². The van der Waals surface area contributed by atoms with Crippen LogP contribution in [0.1, 0.15) is 18.9 Å². The van der Waals surface area contributed by atoms with E-state index < -0.39 is 20.8 Å². The van der Waals surface area contributed by atoms with Crippen molar-refractivity contribution in [1.82, 2.24) is 0 Å². The maximum Gasteiger partial charge on any atom is 0.205 e. The smallest absolute Gasteiger partial charge is 0.205 e. The first-order valence-corrected chi connectivity index (χ1v) is 8.35. The van der Waals surface area contributed by atoms with Gasteiger partial charge in [-0.05, 0) is 38.0 Å². The second-order valence-corrected chi connectivity index (χ2v) is 7.52. The van der Waals surface area contributed by atoms with Gasteiger partial charge in [0.15, 0.2) is 12.0 Å². The molecule has 2 atom stereocenters. The third-order valence-corrected chi connectivity index (χ3v) is 6.11. The fourth-order valence-electron chi connectivity index (χ4n) is 2.68. The molecule has 0 spiro atoms. The van der Waals surface area contributed by atoms with Gasteiger partial charge in [-0.1, -0.05) is 35.9 Å². The van der Waals surface area contributed by atoms with E-state index in [-0.39, 0.29) is 4.90 Å². The number of nitrogens with zero attached hydrogens (tertiary/aromatic N) is 1. The molecule has 0 N–H and O–H groups in total. The van der Waals surface area contributed by atoms with E-state index in [0.29, 0.717) is 6.42 Å². The molecular weight excluding hydrogens is 286 g/mol. The van der Waals surface area contributed by atoms with Crippen molar-refractivity contribution in [2.24, 2.45) is 4.99 Å². The molecule has 1 aliphatic carbocycles. The molecule has 110 valence electrons. The highest BCUT2D eigenvalue weighted by atomic mass is 32.2. The predicted octanol–water partition coefficient (Wildman–Crippen LogP) is 2.80. The minimum absolute atomic E-state index is 0.276. The molecule has 0 aromatic heterocycles. The molecule has 2 aliphatic rings. The molecule has 1 heterocycles. The molecule has 0 unspecified atom stereocenters. The second kappa shape index (κ2) is 4.84. The van der Waals surface area contributed by atoms with E-state index in [2.05, 4.69) is 4.99 Å². The van der Waals surface area contributed by atoms with Crippen LogP contribution in [-0.4, -0.2) is 25.8 Å². The molecule has 4 nitrogen and oxygen atoms in total. The normalized spacial score (nSPS) is 27.7. The van der Waals surface area contributed by atoms with Gasteiger partial charge in [0.2, 0.25) is 15.2 Å². The highest BCUT2D eigenvalue weighted by molar-refractivity contribution is 7.92. The quantitative estimate of drug-likeness (QED) is 0.863. The number of allylic oxidation sites excluding steroid dienone is 3. The number of aryl methyl sites for hydroxylation is 1. The van der Waals surface area contributed by atoms with Gasteiger partial charge in [0.1, 0.15) is 0 Å². The van der Waals surface area contributed by atoms with Gasteiger partial charge in [-0.15, -0.1) is 0 Å². The predicted molar refractivity (Wildman–Crippen MR) is 82.0 cm³/mol. The highest BCUT2D eigenvalue weighted by Gasteiger charge is 2.50. The third-order valence-electron chi connectivity index (χ3n) is 4.02. The lowest BCUT2D eigenvalue weighted by atomic mass is 9.95. The van der Waals surface area contributed by atoms with Crippen LogP contribution in [-0.2, 0) is 14.6 Å². The number of rotatable bonds is 3. The molecule has 21 heavy (non-hydrogen) atoms. The first kappa shape index (κ1) is 14.1. The Morgan fingerprint density at radius 3 is 2.62 bits per heavy atom. The number of aliphatic imine (C=N–C) groups is 1. The minimum atomic E-state index is -3.59. The summed E-state index contributed by atoms with van der Waals surface area (Å²) in [5.41, 5.74) is 1.01. The number of hydrogen-bond donors (Lipinski definition) is 0. The van der Waals surface area contributed by atoms with Crippen molar-refractivity contribution >= 4 is 16.2 Å². The Balaban J connectivity index is 2.01. The number of hydrogen-bond acceptors (Lipinski definition) is 4. The van der Waals surface area contributed by atoms with E-state index >= 15 is 0 Å². The van der Waals surface area contributed by atoms with Gasteiger partial charge in [-0.2, -0.15) is 0 Å². The maximum absolute atomic E-state index is 12.9. The first-order valence-electron chi connectivity index (χ1n) is 6.81. The van der Waals surface area contributed by atoms with Crippen LogP contribution in [0.3, 0.4) is 0 Å². The number of sulfone groups is 1. The van der Waals surface area contributed by atoms with Crippen LogP contribution in [0, 0.1) is 6.92 Å². The SMILES string of the molecule is Cc1ccc(S(=O)(=O)[C@@H]2N=CO[C@@]2(C)C2=CC=CC2)cc1. The van der Waals surface area contributed by atoms with Crippen molar-refractivity contribution in [3.8, 4) is 0 Å². The molecule has 3 rings (SSSR count). The topological polar surface area (TPSA) is 55.7 Å². The summed E-state index contributed by atoms with van der Waals surface area (Å²) < 4.78 is 31.3. The van der Waals surface area contributed by atoms with E-state index in [9.17, 15) is 8.42 Å². The second-order valence-electron chi connectivity index (χ2n) is 5.51. The average Bonchev–Trinajstić information content (AvgIpc) is 3.09. The summed E-state index contributed by atoms with van der Waals surface area (Å²) in [5.74, 6) is 0. The van der Waals surface area contributed by atoms with E-state index in [1.165, 1.54) is 6.40 Å². The molecule has 1 aliphatic heterocycles. The van der Waals surface area contributed by atoms with Crippen molar-refractivity contribution in [2.45, 2.75) is 36.1 Å². The Hall–Kier alpha value is -1.88. The molecule has 0 saturated carbocycles. The molecule has 1 aromatic rings. The van der Waals surface area contributed by atoms with Crippen LogP contribution >= 0.6 is 0 Å². The Kier molecular flexibility index (Phi) is 3.24. The maximum atomic E-state index is 12.9. The zero-order valence-corrected chi connectivity index (χ0v) is 12.8. The third kappa shape index (κ3) is 2.21. The summed E-state index contributed by atoms with van der Waals surface area (Å²) in [4.78, 5) is 4.38. The lowest BCUT2D eigenvalue weighted by Crippen LogP contribution is -2.43. The van der Waals surface area contributed by atoms with Gasteiger partial charge in [-0.3, -0.25) is 0 Å². The number of benzene rings is 1. The summed E-state index contributed by atoms with van der Waals surface area (Å²) in [6.45, 7) is 3.71. The van der Waals surface area contributed by atoms with Crippen LogP contribution in [0.2, 0.25) is 0 Å². The Labute approximate surface area is 124 Å². The van der Waals surface area contributed by atoms with Gasteiger partial charge in [0.25, 0.3) is 0 Å². The zero-order valence-electron chi connectivity index (χ0n) is 12.0. The lowest BCUT2D eigenvalue weighted by Gasteiger charge is -2.30. The fourth-order valence-corrected chi connectivity index (χ4v) is 4.46. The largest absolute Gasteiger partial charge is 0.470 e. The Morgan fingerprint density at radius 1 is 1.29 bits per heavy atom. The van der Waals surface area contributed by atoms with Crippen LogP contribution in [0.15, 0.2) is 58.0 Å². The van der Waals surface area contributed by atoms with Crippen molar-refractivity contribution < 1.29 is 13.2 Å². The Morgan fingerprint density at radius 2 is 2.00 bits per heavy atom. The summed E-state index contributed by atoms with van der Waals surface area (Å²) in [5, 5.41) is -0.946. The highest BCUT2D eigenvalue weighted by Crippen LogP contribution is 2.39. The summed E-state index contributed by atoms with van der Waals surface area (Å²) in [7, 11) is -3.59. The van der Waals surface area contributed by atoms with Gasteiger partial charge in [0, 0.05) is 0 Å². The molecule has 0 saturated heterocycles. The molecule has 0 bridgehead atoms. The van der Waals surface area contributed by atoms with Crippen molar-refractivity contribution in [1.29, 1.82) is 0 Å². The summed E-state index contributed by atoms with van der Waals surface area (Å²) >= 11 is 0. The van der Waals surface area contributed by atoms with E-state index in [4.69, 9.17) is 4.74 Å². The molecular formula is C16H17NO3S. The van der Waals surface area contributed by atoms with Crippen molar-refractivity contribution in [2.75, 3.05) is 0 Å². The van der Waals surface area contributed by atoms with Crippen LogP contribution in [0.25, 0.3) is 0 Å². The van der Waals surface area contributed by atoms with Crippen LogP contribution < -0.4 is 0 Å². The van der Waals surface area contributed by atoms with E-state index in [1.807, 2.05) is 25.2 Å². The van der Waals surface area contributed by atoms with Gasteiger partial charge >= 0.3 is 0 Å². The molecule has 0 amide bonds. The summed E-state index contributed by atoms with van der Waals surface area (Å²) in [6, 6.07) is 6.83. The van der Waals surface area contributed by atoms with E-state index in [1.54, 1.807) is 31.2 Å². The van der Waals surface area contributed by atoms with Gasteiger partial charge in [-0.25, -0.2) is 13.4 Å². The van der Waals surface area contributed by atoms with Crippen molar-refractivity contribution in [3.63, 3.8) is 0 Å². The van der Waals surface area contributed by atoms with E-state index in [0.717, 1.165) is 11.1 Å². The summed E-state index contributed by atoms with van der Waals surface area (Å²) in [6.07, 6.45) is 7.76. The first-order chi connectivity index (χ1) is 9.94. The van der Waals surface area contributed by atoms with Gasteiger partial charge < -0.3 is 4.74 Å². The van der Waals surface area contributed by atoms with Gasteiger partial charge in [0.05, 0.1) is 4.90 Å². The average molecular weight is 303 g/mol. The van der Waals surface area contributed by atoms with Crippen LogP contribution in [0.4, 0.5) is 0 Å². The number of ether oxygens (including phenoxy) is 1.